The van der Waals surface area contributed by atoms with E-state index in [4.69, 9.17) is 0 Å². The van der Waals surface area contributed by atoms with Crippen molar-refractivity contribution in [1.29, 1.82) is 0 Å². The first-order valence-electron chi connectivity index (χ1n) is 6.07. The molecular formula is C12H27NS. The van der Waals surface area contributed by atoms with Crippen molar-refractivity contribution in [3.8, 4) is 0 Å². The predicted octanol–water partition coefficient (Wildman–Crippen LogP) is 3.45. The molecule has 0 radical (unpaired) electrons. The van der Waals surface area contributed by atoms with E-state index in [1.54, 1.807) is 0 Å². The molecule has 0 aromatic heterocycles. The normalized spacial score (nSPS) is 13.5. The summed E-state index contributed by atoms with van der Waals surface area (Å²) in [6.45, 7) is 10.7. The smallest absolute Gasteiger partial charge is 0.00162 e. The molecule has 0 aromatic carbocycles. The fourth-order valence-corrected chi connectivity index (χ4v) is 2.18. The lowest BCUT2D eigenvalue weighted by atomic mass is 10.0. The first kappa shape index (κ1) is 14.3. The molecule has 0 spiro atoms. The lowest BCUT2D eigenvalue weighted by molar-refractivity contribution is 0.254. The zero-order chi connectivity index (χ0) is 10.8. The minimum absolute atomic E-state index is 0.837. The Morgan fingerprint density at radius 3 is 2.00 bits per heavy atom. The average Bonchev–Trinajstić information content (AvgIpc) is 2.15. The van der Waals surface area contributed by atoms with Crippen LogP contribution in [0.4, 0.5) is 0 Å². The van der Waals surface area contributed by atoms with Crippen LogP contribution >= 0.6 is 12.6 Å². The van der Waals surface area contributed by atoms with Gasteiger partial charge < -0.3 is 4.90 Å². The predicted molar refractivity (Wildman–Crippen MR) is 69.3 cm³/mol. The Kier molecular flexibility index (Phi) is 10.1. The van der Waals surface area contributed by atoms with Crippen LogP contribution in [-0.4, -0.2) is 30.3 Å². The number of hydrogen-bond donors (Lipinski definition) is 1. The standard InChI is InChI=1S/C12H27NS/c1-4-8-13(9-5-2)10-6-12(3)7-11-14/h12,14H,4-11H2,1-3H3. The minimum Gasteiger partial charge on any atom is -0.303 e. The summed E-state index contributed by atoms with van der Waals surface area (Å²) in [5.41, 5.74) is 0. The van der Waals surface area contributed by atoms with E-state index in [2.05, 4.69) is 38.3 Å². The van der Waals surface area contributed by atoms with Crippen molar-refractivity contribution in [2.45, 2.75) is 46.5 Å². The number of hydrogen-bond acceptors (Lipinski definition) is 2. The molecule has 2 heteroatoms. The third kappa shape index (κ3) is 7.69. The summed E-state index contributed by atoms with van der Waals surface area (Å²) in [5.74, 6) is 1.87. The van der Waals surface area contributed by atoms with Gasteiger partial charge in [0.15, 0.2) is 0 Å². The monoisotopic (exact) mass is 217 g/mol. The van der Waals surface area contributed by atoms with Crippen molar-refractivity contribution in [2.75, 3.05) is 25.4 Å². The van der Waals surface area contributed by atoms with E-state index < -0.39 is 0 Å². The second-order valence-corrected chi connectivity index (χ2v) is 4.69. The molecule has 1 nitrogen and oxygen atoms in total. The number of thiol groups is 1. The maximum absolute atomic E-state index is 4.27. The molecule has 14 heavy (non-hydrogen) atoms. The summed E-state index contributed by atoms with van der Waals surface area (Å²) in [6, 6.07) is 0. The lowest BCUT2D eigenvalue weighted by Gasteiger charge is -2.22. The zero-order valence-corrected chi connectivity index (χ0v) is 11.0. The van der Waals surface area contributed by atoms with Gasteiger partial charge in [-0.05, 0) is 57.0 Å². The van der Waals surface area contributed by atoms with Gasteiger partial charge in [-0.1, -0.05) is 20.8 Å². The van der Waals surface area contributed by atoms with E-state index in [-0.39, 0.29) is 0 Å². The van der Waals surface area contributed by atoms with Gasteiger partial charge >= 0.3 is 0 Å². The van der Waals surface area contributed by atoms with Gasteiger partial charge in [0.2, 0.25) is 0 Å². The molecule has 1 unspecified atom stereocenters. The Bertz CT molecular complexity index is 111. The van der Waals surface area contributed by atoms with E-state index in [9.17, 15) is 0 Å². The third-order valence-electron chi connectivity index (χ3n) is 2.64. The van der Waals surface area contributed by atoms with Crippen LogP contribution in [0.3, 0.4) is 0 Å². The second kappa shape index (κ2) is 9.85. The van der Waals surface area contributed by atoms with Crippen molar-refractivity contribution >= 4 is 12.6 Å². The number of nitrogens with zero attached hydrogens (tertiary/aromatic N) is 1. The Labute approximate surface area is 95.7 Å². The highest BCUT2D eigenvalue weighted by Gasteiger charge is 2.05. The topological polar surface area (TPSA) is 3.24 Å². The van der Waals surface area contributed by atoms with E-state index >= 15 is 0 Å². The van der Waals surface area contributed by atoms with E-state index in [1.807, 2.05) is 0 Å². The summed E-state index contributed by atoms with van der Waals surface area (Å²) in [4.78, 5) is 2.59. The molecule has 0 aromatic rings. The Morgan fingerprint density at radius 1 is 1.00 bits per heavy atom. The Hall–Kier alpha value is 0.310. The number of rotatable bonds is 9. The van der Waals surface area contributed by atoms with Gasteiger partial charge in [0, 0.05) is 0 Å². The summed E-state index contributed by atoms with van der Waals surface area (Å²) in [5, 5.41) is 0. The highest BCUT2D eigenvalue weighted by Crippen LogP contribution is 2.09. The molecule has 0 saturated heterocycles. The quantitative estimate of drug-likeness (QED) is 0.579. The van der Waals surface area contributed by atoms with Crippen LogP contribution in [-0.2, 0) is 0 Å². The van der Waals surface area contributed by atoms with Gasteiger partial charge in [-0.3, -0.25) is 0 Å². The Morgan fingerprint density at radius 2 is 1.57 bits per heavy atom. The van der Waals surface area contributed by atoms with Crippen molar-refractivity contribution in [1.82, 2.24) is 4.90 Å². The molecule has 0 aliphatic carbocycles. The van der Waals surface area contributed by atoms with Gasteiger partial charge in [0.1, 0.15) is 0 Å². The molecule has 0 N–H and O–H groups in total. The van der Waals surface area contributed by atoms with Crippen LogP contribution in [0.15, 0.2) is 0 Å². The third-order valence-corrected chi connectivity index (χ3v) is 2.90. The van der Waals surface area contributed by atoms with Crippen LogP contribution in [0.1, 0.15) is 46.5 Å². The highest BCUT2D eigenvalue weighted by molar-refractivity contribution is 7.80. The summed E-state index contributed by atoms with van der Waals surface area (Å²) in [7, 11) is 0. The van der Waals surface area contributed by atoms with E-state index in [0.717, 1.165) is 11.7 Å². The first-order chi connectivity index (χ1) is 6.74. The van der Waals surface area contributed by atoms with Crippen LogP contribution in [0, 0.1) is 5.92 Å². The SMILES string of the molecule is CCCN(CCC)CCC(C)CCS. The summed E-state index contributed by atoms with van der Waals surface area (Å²) >= 11 is 4.27. The van der Waals surface area contributed by atoms with Crippen molar-refractivity contribution in [2.24, 2.45) is 5.92 Å². The van der Waals surface area contributed by atoms with Crippen LogP contribution < -0.4 is 0 Å². The average molecular weight is 217 g/mol. The molecule has 0 amide bonds. The molecule has 0 fully saturated rings. The molecule has 0 saturated carbocycles. The highest BCUT2D eigenvalue weighted by atomic mass is 32.1. The summed E-state index contributed by atoms with van der Waals surface area (Å²) in [6.07, 6.45) is 5.15. The first-order valence-corrected chi connectivity index (χ1v) is 6.71. The molecule has 86 valence electrons. The van der Waals surface area contributed by atoms with Gasteiger partial charge in [-0.15, -0.1) is 0 Å². The van der Waals surface area contributed by atoms with Crippen LogP contribution in [0.2, 0.25) is 0 Å². The largest absolute Gasteiger partial charge is 0.303 e. The molecule has 0 bridgehead atoms. The lowest BCUT2D eigenvalue weighted by Crippen LogP contribution is -2.27. The van der Waals surface area contributed by atoms with E-state index in [0.29, 0.717) is 0 Å². The van der Waals surface area contributed by atoms with Crippen molar-refractivity contribution < 1.29 is 0 Å². The molecule has 0 rings (SSSR count). The molecule has 0 aliphatic rings. The van der Waals surface area contributed by atoms with Gasteiger partial charge in [-0.25, -0.2) is 0 Å². The van der Waals surface area contributed by atoms with Gasteiger partial charge in [0.25, 0.3) is 0 Å². The minimum atomic E-state index is 0.837. The maximum atomic E-state index is 4.27. The maximum Gasteiger partial charge on any atom is -0.00162 e. The van der Waals surface area contributed by atoms with Crippen molar-refractivity contribution in [3.05, 3.63) is 0 Å². The molecule has 0 aliphatic heterocycles. The zero-order valence-electron chi connectivity index (χ0n) is 10.1. The van der Waals surface area contributed by atoms with Gasteiger partial charge in [0.05, 0.1) is 0 Å². The van der Waals surface area contributed by atoms with Crippen LogP contribution in [0.5, 0.6) is 0 Å². The van der Waals surface area contributed by atoms with Crippen LogP contribution in [0.25, 0.3) is 0 Å². The molecule has 1 atom stereocenters. The second-order valence-electron chi connectivity index (χ2n) is 4.25. The fourth-order valence-electron chi connectivity index (χ4n) is 1.74. The van der Waals surface area contributed by atoms with E-state index in [1.165, 1.54) is 45.3 Å². The molecule has 0 heterocycles. The van der Waals surface area contributed by atoms with Gasteiger partial charge in [-0.2, -0.15) is 12.6 Å². The fraction of sp³-hybridized carbons (Fsp3) is 1.00. The Balaban J connectivity index is 3.57. The van der Waals surface area contributed by atoms with Crippen molar-refractivity contribution in [3.63, 3.8) is 0 Å². The molecular weight excluding hydrogens is 190 g/mol. The summed E-state index contributed by atoms with van der Waals surface area (Å²) < 4.78 is 0.